The molecule has 0 saturated heterocycles. The van der Waals surface area contributed by atoms with Crippen molar-refractivity contribution in [3.63, 3.8) is 0 Å². The summed E-state index contributed by atoms with van der Waals surface area (Å²) in [5, 5.41) is 0.477. The first-order chi connectivity index (χ1) is 13.0. The second-order valence-electron chi connectivity index (χ2n) is 7.35. The van der Waals surface area contributed by atoms with Crippen molar-refractivity contribution in [2.45, 2.75) is 32.7 Å². The molecule has 3 nitrogen and oxygen atoms in total. The van der Waals surface area contributed by atoms with Crippen LogP contribution in [0.15, 0.2) is 46.9 Å². The van der Waals surface area contributed by atoms with Crippen LogP contribution in [0.2, 0.25) is 5.02 Å². The van der Waals surface area contributed by atoms with Gasteiger partial charge in [-0.05, 0) is 47.7 Å². The van der Waals surface area contributed by atoms with Crippen molar-refractivity contribution in [1.82, 2.24) is 9.88 Å². The lowest BCUT2D eigenvalue weighted by Gasteiger charge is -2.25. The molecule has 5 heteroatoms. The van der Waals surface area contributed by atoms with Gasteiger partial charge in [-0.2, -0.15) is 0 Å². The van der Waals surface area contributed by atoms with E-state index in [1.807, 2.05) is 6.07 Å². The normalized spacial score (nSPS) is 15.5. The lowest BCUT2D eigenvalue weighted by molar-refractivity contribution is 0.292. The molecule has 2 heterocycles. The standard InChI is InChI=1S/C22H22ClFN2O/c1-14(2)16-4-6-21-20(11-16)25-22(27-21)15-7-9-26(10-8-15)13-17-3-5-18(24)12-19(17)23/h3-7,11-12,14H,8-10,13H2,1-2H3. The Morgan fingerprint density at radius 2 is 2.07 bits per heavy atom. The van der Waals surface area contributed by atoms with Crippen LogP contribution in [0.4, 0.5) is 4.39 Å². The van der Waals surface area contributed by atoms with E-state index < -0.39 is 0 Å². The summed E-state index contributed by atoms with van der Waals surface area (Å²) >= 11 is 6.15. The molecule has 0 fully saturated rings. The second-order valence-corrected chi connectivity index (χ2v) is 7.76. The van der Waals surface area contributed by atoms with Crippen molar-refractivity contribution in [2.75, 3.05) is 13.1 Å². The molecule has 0 radical (unpaired) electrons. The monoisotopic (exact) mass is 384 g/mol. The highest BCUT2D eigenvalue weighted by molar-refractivity contribution is 6.31. The molecule has 0 N–H and O–H groups in total. The number of fused-ring (bicyclic) bond motifs is 1. The number of halogens is 2. The molecular weight excluding hydrogens is 363 g/mol. The smallest absolute Gasteiger partial charge is 0.222 e. The maximum absolute atomic E-state index is 13.2. The highest BCUT2D eigenvalue weighted by Gasteiger charge is 2.18. The molecule has 2 aromatic carbocycles. The maximum Gasteiger partial charge on any atom is 0.222 e. The highest BCUT2D eigenvalue weighted by atomic mass is 35.5. The van der Waals surface area contributed by atoms with Crippen LogP contribution < -0.4 is 0 Å². The topological polar surface area (TPSA) is 29.3 Å². The number of hydrogen-bond acceptors (Lipinski definition) is 3. The van der Waals surface area contributed by atoms with Crippen LogP contribution in [0.5, 0.6) is 0 Å². The number of nitrogens with zero attached hydrogens (tertiary/aromatic N) is 2. The Labute approximate surface area is 163 Å². The molecule has 0 unspecified atom stereocenters. The Balaban J connectivity index is 1.49. The van der Waals surface area contributed by atoms with Crippen molar-refractivity contribution in [3.05, 3.63) is 70.3 Å². The minimum absolute atomic E-state index is 0.304. The van der Waals surface area contributed by atoms with E-state index >= 15 is 0 Å². The Bertz CT molecular complexity index is 1010. The van der Waals surface area contributed by atoms with Gasteiger partial charge in [-0.3, -0.25) is 4.90 Å². The average Bonchev–Trinajstić information content (AvgIpc) is 3.08. The van der Waals surface area contributed by atoms with E-state index in [0.717, 1.165) is 41.7 Å². The third-order valence-corrected chi connectivity index (χ3v) is 5.41. The van der Waals surface area contributed by atoms with E-state index in [9.17, 15) is 4.39 Å². The van der Waals surface area contributed by atoms with E-state index in [-0.39, 0.29) is 5.82 Å². The lowest BCUT2D eigenvalue weighted by Crippen LogP contribution is -2.28. The predicted molar refractivity (Wildman–Crippen MR) is 107 cm³/mol. The van der Waals surface area contributed by atoms with E-state index in [4.69, 9.17) is 21.0 Å². The van der Waals surface area contributed by atoms with Crippen LogP contribution in [0.3, 0.4) is 0 Å². The summed E-state index contributed by atoms with van der Waals surface area (Å²) in [5.41, 5.74) is 5.09. The summed E-state index contributed by atoms with van der Waals surface area (Å²) in [5.74, 6) is 0.877. The molecular formula is C22H22ClFN2O. The summed E-state index contributed by atoms with van der Waals surface area (Å²) in [7, 11) is 0. The van der Waals surface area contributed by atoms with Gasteiger partial charge in [-0.15, -0.1) is 0 Å². The van der Waals surface area contributed by atoms with Crippen LogP contribution >= 0.6 is 11.6 Å². The van der Waals surface area contributed by atoms with Crippen molar-refractivity contribution >= 4 is 28.3 Å². The zero-order valence-electron chi connectivity index (χ0n) is 15.5. The van der Waals surface area contributed by atoms with Gasteiger partial charge >= 0.3 is 0 Å². The van der Waals surface area contributed by atoms with Gasteiger partial charge in [0.25, 0.3) is 0 Å². The van der Waals surface area contributed by atoms with Crippen LogP contribution in [-0.4, -0.2) is 23.0 Å². The Morgan fingerprint density at radius 3 is 2.78 bits per heavy atom. The molecule has 140 valence electrons. The molecule has 0 bridgehead atoms. The first-order valence-electron chi connectivity index (χ1n) is 9.26. The van der Waals surface area contributed by atoms with Gasteiger partial charge in [-0.1, -0.05) is 43.7 Å². The zero-order chi connectivity index (χ0) is 19.0. The minimum atomic E-state index is -0.304. The first kappa shape index (κ1) is 18.2. The number of aromatic nitrogens is 1. The van der Waals surface area contributed by atoms with Gasteiger partial charge in [0.15, 0.2) is 5.58 Å². The van der Waals surface area contributed by atoms with E-state index in [1.54, 1.807) is 6.07 Å². The van der Waals surface area contributed by atoms with Crippen molar-refractivity contribution in [3.8, 4) is 0 Å². The van der Waals surface area contributed by atoms with Crippen molar-refractivity contribution < 1.29 is 8.81 Å². The molecule has 0 amide bonds. The van der Waals surface area contributed by atoms with Crippen molar-refractivity contribution in [2.24, 2.45) is 0 Å². The lowest BCUT2D eigenvalue weighted by atomic mass is 10.0. The minimum Gasteiger partial charge on any atom is -0.436 e. The molecule has 0 spiro atoms. The van der Waals surface area contributed by atoms with Crippen molar-refractivity contribution in [1.29, 1.82) is 0 Å². The molecule has 3 aromatic rings. The third kappa shape index (κ3) is 3.92. The second kappa shape index (κ2) is 7.45. The van der Waals surface area contributed by atoms with Gasteiger partial charge in [0.1, 0.15) is 11.3 Å². The van der Waals surface area contributed by atoms with Gasteiger partial charge in [-0.25, -0.2) is 9.37 Å². The molecule has 4 rings (SSSR count). The summed E-state index contributed by atoms with van der Waals surface area (Å²) in [4.78, 5) is 6.98. The summed E-state index contributed by atoms with van der Waals surface area (Å²) in [6.45, 7) is 6.73. The predicted octanol–water partition coefficient (Wildman–Crippen LogP) is 6.03. The van der Waals surface area contributed by atoms with Crippen LogP contribution in [0.25, 0.3) is 16.7 Å². The van der Waals surface area contributed by atoms with Gasteiger partial charge < -0.3 is 4.42 Å². The number of hydrogen-bond donors (Lipinski definition) is 0. The molecule has 1 aliphatic heterocycles. The van der Waals surface area contributed by atoms with E-state index in [0.29, 0.717) is 23.4 Å². The fraction of sp³-hybridized carbons (Fsp3) is 0.318. The molecule has 0 aliphatic carbocycles. The molecule has 1 aromatic heterocycles. The van der Waals surface area contributed by atoms with Crippen LogP contribution in [0.1, 0.15) is 43.2 Å². The van der Waals surface area contributed by atoms with Crippen LogP contribution in [0, 0.1) is 5.82 Å². The Kier molecular flexibility index (Phi) is 5.02. The zero-order valence-corrected chi connectivity index (χ0v) is 16.3. The summed E-state index contributed by atoms with van der Waals surface area (Å²) in [6, 6.07) is 10.8. The molecule has 27 heavy (non-hydrogen) atoms. The molecule has 0 saturated carbocycles. The molecule has 0 atom stereocenters. The van der Waals surface area contributed by atoms with E-state index in [2.05, 4.69) is 37.0 Å². The number of rotatable bonds is 4. The Hall–Kier alpha value is -2.17. The first-order valence-corrected chi connectivity index (χ1v) is 9.63. The SMILES string of the molecule is CC(C)c1ccc2oc(C3=CCN(Cc4ccc(F)cc4Cl)CC3)nc2c1. The fourth-order valence-electron chi connectivity index (χ4n) is 3.38. The number of oxazole rings is 1. The summed E-state index contributed by atoms with van der Waals surface area (Å²) < 4.78 is 19.2. The van der Waals surface area contributed by atoms with Crippen LogP contribution in [-0.2, 0) is 6.54 Å². The number of benzene rings is 2. The van der Waals surface area contributed by atoms with E-state index in [1.165, 1.54) is 17.7 Å². The highest BCUT2D eigenvalue weighted by Crippen LogP contribution is 2.28. The largest absolute Gasteiger partial charge is 0.436 e. The Morgan fingerprint density at radius 1 is 1.22 bits per heavy atom. The summed E-state index contributed by atoms with van der Waals surface area (Å²) in [6.07, 6.45) is 3.03. The van der Waals surface area contributed by atoms with Gasteiger partial charge in [0, 0.05) is 30.2 Å². The average molecular weight is 385 g/mol. The third-order valence-electron chi connectivity index (χ3n) is 5.06. The molecule has 1 aliphatic rings. The quantitative estimate of drug-likeness (QED) is 0.549. The van der Waals surface area contributed by atoms with Gasteiger partial charge in [0.05, 0.1) is 0 Å². The maximum atomic E-state index is 13.2. The fourth-order valence-corrected chi connectivity index (χ4v) is 3.61. The van der Waals surface area contributed by atoms with Gasteiger partial charge in [0.2, 0.25) is 5.89 Å².